The lowest BCUT2D eigenvalue weighted by Gasteiger charge is -2.17. The monoisotopic (exact) mass is 374 g/mol. The van der Waals surface area contributed by atoms with Gasteiger partial charge in [0.25, 0.3) is 5.91 Å². The number of ether oxygens (including phenoxy) is 1. The minimum atomic E-state index is -0.562. The number of nitrogens with zero attached hydrogens (tertiary/aromatic N) is 2. The van der Waals surface area contributed by atoms with E-state index in [1.807, 2.05) is 49.6 Å². The molecule has 6 heteroatoms. The SMILES string of the molecule is COc1ccc(C)c(-n2c(N)c(C(N)=O)c3c4cnccc4c(C)cc32)c1C. The average molecular weight is 374 g/mol. The summed E-state index contributed by atoms with van der Waals surface area (Å²) in [5.41, 5.74) is 17.3. The zero-order valence-electron chi connectivity index (χ0n) is 16.3. The summed E-state index contributed by atoms with van der Waals surface area (Å²) in [5, 5.41) is 2.59. The Morgan fingerprint density at radius 3 is 2.54 bits per heavy atom. The van der Waals surface area contributed by atoms with Crippen LogP contribution in [0.25, 0.3) is 27.4 Å². The highest BCUT2D eigenvalue weighted by Gasteiger charge is 2.25. The lowest BCUT2D eigenvalue weighted by atomic mass is 10.0. The number of rotatable bonds is 3. The van der Waals surface area contributed by atoms with E-state index >= 15 is 0 Å². The molecule has 2 heterocycles. The van der Waals surface area contributed by atoms with Gasteiger partial charge in [-0.25, -0.2) is 0 Å². The van der Waals surface area contributed by atoms with Gasteiger partial charge in [0.05, 0.1) is 23.9 Å². The summed E-state index contributed by atoms with van der Waals surface area (Å²) in [6.07, 6.45) is 3.49. The van der Waals surface area contributed by atoms with E-state index in [0.29, 0.717) is 11.4 Å². The number of nitrogen functional groups attached to an aromatic ring is 1. The van der Waals surface area contributed by atoms with Gasteiger partial charge < -0.3 is 16.2 Å². The van der Waals surface area contributed by atoms with E-state index in [9.17, 15) is 4.79 Å². The highest BCUT2D eigenvalue weighted by molar-refractivity contribution is 6.21. The van der Waals surface area contributed by atoms with Crippen LogP contribution in [0.1, 0.15) is 27.0 Å². The molecule has 0 aliphatic rings. The van der Waals surface area contributed by atoms with Crippen molar-refractivity contribution in [1.29, 1.82) is 0 Å². The van der Waals surface area contributed by atoms with Crippen molar-refractivity contribution in [3.05, 3.63) is 58.9 Å². The van der Waals surface area contributed by atoms with E-state index in [-0.39, 0.29) is 0 Å². The molecule has 0 aliphatic heterocycles. The van der Waals surface area contributed by atoms with Crippen LogP contribution in [0.5, 0.6) is 5.75 Å². The average Bonchev–Trinajstić information content (AvgIpc) is 2.95. The number of hydrogen-bond donors (Lipinski definition) is 2. The molecule has 0 bridgehead atoms. The topological polar surface area (TPSA) is 96.2 Å². The van der Waals surface area contributed by atoms with Crippen molar-refractivity contribution in [3.8, 4) is 11.4 Å². The summed E-state index contributed by atoms with van der Waals surface area (Å²) >= 11 is 0. The van der Waals surface area contributed by atoms with Crippen molar-refractivity contribution in [3.63, 3.8) is 0 Å². The van der Waals surface area contributed by atoms with E-state index in [1.165, 1.54) is 0 Å². The Balaban J connectivity index is 2.27. The quantitative estimate of drug-likeness (QED) is 0.570. The highest BCUT2D eigenvalue weighted by atomic mass is 16.5. The summed E-state index contributed by atoms with van der Waals surface area (Å²) in [7, 11) is 1.64. The van der Waals surface area contributed by atoms with Crippen LogP contribution in [0.3, 0.4) is 0 Å². The van der Waals surface area contributed by atoms with Crippen LogP contribution in [0, 0.1) is 20.8 Å². The number of fused-ring (bicyclic) bond motifs is 3. The molecule has 28 heavy (non-hydrogen) atoms. The molecule has 0 unspecified atom stereocenters. The number of primary amides is 1. The first-order valence-corrected chi connectivity index (χ1v) is 8.98. The molecule has 2 aromatic heterocycles. The normalized spacial score (nSPS) is 11.3. The van der Waals surface area contributed by atoms with E-state index in [0.717, 1.165) is 49.8 Å². The maximum absolute atomic E-state index is 12.4. The predicted octanol–water partition coefficient (Wildman–Crippen LogP) is 3.79. The lowest BCUT2D eigenvalue weighted by Crippen LogP contribution is -2.14. The number of aromatic nitrogens is 2. The van der Waals surface area contributed by atoms with Crippen molar-refractivity contribution in [2.45, 2.75) is 20.8 Å². The molecule has 4 N–H and O–H groups in total. The third kappa shape index (κ3) is 2.34. The maximum Gasteiger partial charge on any atom is 0.253 e. The molecule has 0 saturated carbocycles. The summed E-state index contributed by atoms with van der Waals surface area (Å²) < 4.78 is 7.41. The third-order valence-corrected chi connectivity index (χ3v) is 5.39. The Labute approximate surface area is 162 Å². The highest BCUT2D eigenvalue weighted by Crippen LogP contribution is 2.40. The fourth-order valence-corrected chi connectivity index (χ4v) is 4.11. The number of carbonyl (C=O) groups excluding carboxylic acids is 1. The standard InChI is InChI=1S/C22H22N4O2/c1-11-5-6-17(28-4)13(3)20(11)26-16-9-12(2)14-7-8-25-10-15(14)18(16)19(21(26)23)22(24)27/h5-10H,23H2,1-4H3,(H2,24,27). The fourth-order valence-electron chi connectivity index (χ4n) is 4.11. The Kier molecular flexibility index (Phi) is 4.00. The summed E-state index contributed by atoms with van der Waals surface area (Å²) in [6.45, 7) is 6.02. The lowest BCUT2D eigenvalue weighted by molar-refractivity contribution is 0.100. The zero-order chi connectivity index (χ0) is 20.2. The molecule has 4 rings (SSSR count). The zero-order valence-corrected chi connectivity index (χ0v) is 16.3. The molecular formula is C22H22N4O2. The van der Waals surface area contributed by atoms with Crippen LogP contribution in [-0.4, -0.2) is 22.6 Å². The fraction of sp³-hybridized carbons (Fsp3) is 0.182. The first-order valence-electron chi connectivity index (χ1n) is 8.98. The molecule has 0 saturated heterocycles. The van der Waals surface area contributed by atoms with Crippen molar-refractivity contribution >= 4 is 33.4 Å². The molecule has 142 valence electrons. The largest absolute Gasteiger partial charge is 0.496 e. The molecule has 6 nitrogen and oxygen atoms in total. The van der Waals surface area contributed by atoms with Gasteiger partial charge in [0, 0.05) is 28.7 Å². The van der Waals surface area contributed by atoms with Gasteiger partial charge in [-0.2, -0.15) is 0 Å². The number of hydrogen-bond acceptors (Lipinski definition) is 4. The van der Waals surface area contributed by atoms with E-state index in [4.69, 9.17) is 16.2 Å². The molecule has 2 aromatic carbocycles. The number of pyridine rings is 1. The van der Waals surface area contributed by atoms with Crippen LogP contribution in [0.15, 0.2) is 36.7 Å². The minimum Gasteiger partial charge on any atom is -0.496 e. The van der Waals surface area contributed by atoms with Crippen molar-refractivity contribution in [2.75, 3.05) is 12.8 Å². The number of nitrogens with two attached hydrogens (primary N) is 2. The smallest absolute Gasteiger partial charge is 0.253 e. The van der Waals surface area contributed by atoms with E-state index < -0.39 is 5.91 Å². The van der Waals surface area contributed by atoms with Crippen LogP contribution >= 0.6 is 0 Å². The Bertz CT molecular complexity index is 1270. The van der Waals surface area contributed by atoms with E-state index in [2.05, 4.69) is 4.98 Å². The summed E-state index contributed by atoms with van der Waals surface area (Å²) in [5.74, 6) is 0.507. The molecule has 4 aromatic rings. The first kappa shape index (κ1) is 17.9. The van der Waals surface area contributed by atoms with Gasteiger partial charge in [0.2, 0.25) is 0 Å². The van der Waals surface area contributed by atoms with Gasteiger partial charge in [-0.1, -0.05) is 6.07 Å². The Morgan fingerprint density at radius 2 is 1.86 bits per heavy atom. The van der Waals surface area contributed by atoms with Gasteiger partial charge in [0.1, 0.15) is 11.6 Å². The second-order valence-electron chi connectivity index (χ2n) is 7.03. The van der Waals surface area contributed by atoms with Gasteiger partial charge >= 0.3 is 0 Å². The second kappa shape index (κ2) is 6.27. The molecule has 0 atom stereocenters. The molecular weight excluding hydrogens is 352 g/mol. The van der Waals surface area contributed by atoms with Crippen molar-refractivity contribution < 1.29 is 9.53 Å². The minimum absolute atomic E-state index is 0.314. The maximum atomic E-state index is 12.4. The number of anilines is 1. The third-order valence-electron chi connectivity index (χ3n) is 5.39. The summed E-state index contributed by atoms with van der Waals surface area (Å²) in [4.78, 5) is 16.6. The predicted molar refractivity (Wildman–Crippen MR) is 112 cm³/mol. The Hall–Kier alpha value is -3.54. The van der Waals surface area contributed by atoms with Crippen LogP contribution in [0.2, 0.25) is 0 Å². The second-order valence-corrected chi connectivity index (χ2v) is 7.03. The number of carbonyl (C=O) groups is 1. The molecule has 1 amide bonds. The van der Waals surface area contributed by atoms with E-state index in [1.54, 1.807) is 19.5 Å². The van der Waals surface area contributed by atoms with Gasteiger partial charge in [-0.15, -0.1) is 0 Å². The number of benzene rings is 2. The van der Waals surface area contributed by atoms with Gasteiger partial charge in [-0.3, -0.25) is 14.3 Å². The molecule has 0 radical (unpaired) electrons. The summed E-state index contributed by atoms with van der Waals surface area (Å²) in [6, 6.07) is 7.88. The Morgan fingerprint density at radius 1 is 1.11 bits per heavy atom. The van der Waals surface area contributed by atoms with Crippen molar-refractivity contribution in [2.24, 2.45) is 5.73 Å². The van der Waals surface area contributed by atoms with Gasteiger partial charge in [0.15, 0.2) is 0 Å². The van der Waals surface area contributed by atoms with Crippen molar-refractivity contribution in [1.82, 2.24) is 9.55 Å². The molecule has 0 fully saturated rings. The first-order chi connectivity index (χ1) is 13.4. The number of amides is 1. The number of aryl methyl sites for hydroxylation is 2. The van der Waals surface area contributed by atoms with Gasteiger partial charge in [-0.05, 0) is 55.5 Å². The van der Waals surface area contributed by atoms with Crippen LogP contribution < -0.4 is 16.2 Å². The van der Waals surface area contributed by atoms with Crippen LogP contribution in [-0.2, 0) is 0 Å². The number of methoxy groups -OCH3 is 1. The van der Waals surface area contributed by atoms with Crippen LogP contribution in [0.4, 0.5) is 5.82 Å². The molecule has 0 spiro atoms. The molecule has 0 aliphatic carbocycles.